The molecule has 14 heavy (non-hydrogen) atoms. The molecule has 0 radical (unpaired) electrons. The second-order valence-electron chi connectivity index (χ2n) is 3.12. The van der Waals surface area contributed by atoms with Gasteiger partial charge in [0.05, 0.1) is 12.1 Å². The number of nitrogens with two attached hydrogens (primary N) is 1. The number of aryl methyl sites for hydroxylation is 1. The molecule has 0 bridgehead atoms. The first-order valence-electron chi connectivity index (χ1n) is 4.47. The van der Waals surface area contributed by atoms with Gasteiger partial charge in [0, 0.05) is 11.1 Å². The number of hydrogen-bond donors (Lipinski definition) is 2. The van der Waals surface area contributed by atoms with Crippen molar-refractivity contribution in [2.24, 2.45) is 5.84 Å². The van der Waals surface area contributed by atoms with Crippen LogP contribution in [-0.4, -0.2) is 9.97 Å². The number of nitrogens with zero attached hydrogens (tertiary/aromatic N) is 2. The van der Waals surface area contributed by atoms with Crippen LogP contribution in [0.5, 0.6) is 0 Å². The molecular weight excluding hydrogens is 176 g/mol. The van der Waals surface area contributed by atoms with E-state index in [1.54, 1.807) is 0 Å². The van der Waals surface area contributed by atoms with E-state index in [-0.39, 0.29) is 0 Å². The van der Waals surface area contributed by atoms with Crippen LogP contribution in [0.4, 0.5) is 0 Å². The molecule has 0 spiro atoms. The van der Waals surface area contributed by atoms with Crippen molar-refractivity contribution in [1.29, 1.82) is 0 Å². The summed E-state index contributed by atoms with van der Waals surface area (Å²) in [5, 5.41) is 1.09. The van der Waals surface area contributed by atoms with Crippen molar-refractivity contribution in [2.45, 2.75) is 13.5 Å². The van der Waals surface area contributed by atoms with Gasteiger partial charge < -0.3 is 0 Å². The minimum Gasteiger partial charge on any atom is -0.271 e. The van der Waals surface area contributed by atoms with E-state index in [4.69, 9.17) is 5.84 Å². The number of fused-ring (bicyclic) bond motifs is 1. The van der Waals surface area contributed by atoms with Gasteiger partial charge in [0.25, 0.3) is 0 Å². The molecule has 0 aliphatic carbocycles. The third kappa shape index (κ3) is 1.57. The molecule has 0 atom stereocenters. The fourth-order valence-electron chi connectivity index (χ4n) is 1.47. The molecule has 0 aliphatic heterocycles. The molecule has 2 aromatic rings. The van der Waals surface area contributed by atoms with E-state index in [2.05, 4.69) is 15.4 Å². The van der Waals surface area contributed by atoms with Crippen LogP contribution in [-0.2, 0) is 6.54 Å². The van der Waals surface area contributed by atoms with Gasteiger partial charge in [0.15, 0.2) is 0 Å². The van der Waals surface area contributed by atoms with Crippen LogP contribution in [0.3, 0.4) is 0 Å². The van der Waals surface area contributed by atoms with Crippen LogP contribution in [0.2, 0.25) is 0 Å². The zero-order valence-corrected chi connectivity index (χ0v) is 7.99. The lowest BCUT2D eigenvalue weighted by Crippen LogP contribution is -2.22. The number of nitrogens with one attached hydrogen (secondary N) is 1. The van der Waals surface area contributed by atoms with Crippen molar-refractivity contribution in [3.63, 3.8) is 0 Å². The number of aromatic nitrogens is 2. The van der Waals surface area contributed by atoms with Crippen LogP contribution >= 0.6 is 0 Å². The fourth-order valence-corrected chi connectivity index (χ4v) is 1.47. The Balaban J connectivity index is 2.60. The molecule has 4 heteroatoms. The number of benzene rings is 1. The monoisotopic (exact) mass is 188 g/mol. The number of hydrogen-bond acceptors (Lipinski definition) is 4. The zero-order valence-electron chi connectivity index (χ0n) is 7.99. The smallest absolute Gasteiger partial charge is 0.144 e. The van der Waals surface area contributed by atoms with E-state index in [9.17, 15) is 0 Å². The fraction of sp³-hybridized carbons (Fsp3) is 0.200. The summed E-state index contributed by atoms with van der Waals surface area (Å²) in [6.07, 6.45) is 0. The summed E-state index contributed by atoms with van der Waals surface area (Å²) in [5.74, 6) is 5.95. The van der Waals surface area contributed by atoms with E-state index >= 15 is 0 Å². The summed E-state index contributed by atoms with van der Waals surface area (Å²) in [6.45, 7) is 2.47. The van der Waals surface area contributed by atoms with Crippen molar-refractivity contribution in [1.82, 2.24) is 15.4 Å². The Hall–Kier alpha value is -1.52. The Morgan fingerprint density at radius 1 is 1.29 bits per heavy atom. The maximum atomic E-state index is 5.22. The van der Waals surface area contributed by atoms with Gasteiger partial charge in [-0.25, -0.2) is 9.97 Å². The van der Waals surface area contributed by atoms with Gasteiger partial charge in [-0.1, -0.05) is 18.2 Å². The molecule has 1 aromatic carbocycles. The van der Waals surface area contributed by atoms with Crippen molar-refractivity contribution in [2.75, 3.05) is 0 Å². The Bertz CT molecular complexity index is 453. The predicted octanol–water partition coefficient (Wildman–Crippen LogP) is 0.902. The molecule has 0 amide bonds. The SMILES string of the molecule is Cc1nc(CNN)nc2ccccc12. The molecular formula is C10H12N4. The highest BCUT2D eigenvalue weighted by atomic mass is 15.2. The Morgan fingerprint density at radius 3 is 2.86 bits per heavy atom. The van der Waals surface area contributed by atoms with Crippen molar-refractivity contribution >= 4 is 10.9 Å². The third-order valence-electron chi connectivity index (χ3n) is 2.10. The zero-order chi connectivity index (χ0) is 9.97. The summed E-state index contributed by atoms with van der Waals surface area (Å²) < 4.78 is 0. The van der Waals surface area contributed by atoms with Gasteiger partial charge in [0.2, 0.25) is 0 Å². The number of rotatable bonds is 2. The summed E-state index contributed by atoms with van der Waals surface area (Å²) in [7, 11) is 0. The molecule has 0 saturated heterocycles. The summed E-state index contributed by atoms with van der Waals surface area (Å²) in [5.41, 5.74) is 4.50. The van der Waals surface area contributed by atoms with E-state index in [0.29, 0.717) is 6.54 Å². The lowest BCUT2D eigenvalue weighted by molar-refractivity contribution is 0.701. The first-order valence-corrected chi connectivity index (χ1v) is 4.47. The Kier molecular flexibility index (Phi) is 2.39. The van der Waals surface area contributed by atoms with E-state index < -0.39 is 0 Å². The molecule has 2 rings (SSSR count). The molecule has 3 N–H and O–H groups in total. The third-order valence-corrected chi connectivity index (χ3v) is 2.10. The quantitative estimate of drug-likeness (QED) is 0.543. The molecule has 72 valence electrons. The Labute approximate surface area is 82.1 Å². The van der Waals surface area contributed by atoms with E-state index in [1.807, 2.05) is 31.2 Å². The predicted molar refractivity (Wildman–Crippen MR) is 55.3 cm³/mol. The van der Waals surface area contributed by atoms with Crippen LogP contribution < -0.4 is 11.3 Å². The van der Waals surface area contributed by atoms with Gasteiger partial charge >= 0.3 is 0 Å². The average Bonchev–Trinajstić information content (AvgIpc) is 2.18. The molecule has 0 saturated carbocycles. The normalized spacial score (nSPS) is 10.7. The highest BCUT2D eigenvalue weighted by molar-refractivity contribution is 5.80. The Morgan fingerprint density at radius 2 is 2.07 bits per heavy atom. The largest absolute Gasteiger partial charge is 0.271 e. The van der Waals surface area contributed by atoms with Gasteiger partial charge in [-0.2, -0.15) is 0 Å². The minimum absolute atomic E-state index is 0.492. The van der Waals surface area contributed by atoms with Gasteiger partial charge in [0.1, 0.15) is 5.82 Å². The van der Waals surface area contributed by atoms with Gasteiger partial charge in [-0.15, -0.1) is 0 Å². The first kappa shape index (κ1) is 9.05. The highest BCUT2D eigenvalue weighted by Gasteiger charge is 2.02. The average molecular weight is 188 g/mol. The molecule has 0 aliphatic rings. The topological polar surface area (TPSA) is 63.8 Å². The summed E-state index contributed by atoms with van der Waals surface area (Å²) >= 11 is 0. The van der Waals surface area contributed by atoms with E-state index in [1.165, 1.54) is 0 Å². The lowest BCUT2D eigenvalue weighted by Gasteiger charge is -2.04. The van der Waals surface area contributed by atoms with Crippen LogP contribution in [0, 0.1) is 6.92 Å². The molecule has 0 unspecified atom stereocenters. The van der Waals surface area contributed by atoms with E-state index in [0.717, 1.165) is 22.4 Å². The van der Waals surface area contributed by atoms with Crippen LogP contribution in [0.25, 0.3) is 10.9 Å². The second-order valence-corrected chi connectivity index (χ2v) is 3.12. The molecule has 1 aromatic heterocycles. The molecule has 0 fully saturated rings. The minimum atomic E-state index is 0.492. The summed E-state index contributed by atoms with van der Waals surface area (Å²) in [4.78, 5) is 8.71. The van der Waals surface area contributed by atoms with Crippen LogP contribution in [0.1, 0.15) is 11.5 Å². The molecule has 4 nitrogen and oxygen atoms in total. The number of hydrazine groups is 1. The van der Waals surface area contributed by atoms with Crippen molar-refractivity contribution in [3.8, 4) is 0 Å². The van der Waals surface area contributed by atoms with Crippen molar-refractivity contribution in [3.05, 3.63) is 35.8 Å². The van der Waals surface area contributed by atoms with Crippen molar-refractivity contribution < 1.29 is 0 Å². The first-order chi connectivity index (χ1) is 6.81. The summed E-state index contributed by atoms with van der Waals surface area (Å²) in [6, 6.07) is 7.95. The van der Waals surface area contributed by atoms with Gasteiger partial charge in [-0.05, 0) is 13.0 Å². The maximum absolute atomic E-state index is 5.22. The molecule has 1 heterocycles. The second kappa shape index (κ2) is 3.69. The standard InChI is InChI=1S/C10H12N4/c1-7-8-4-2-3-5-9(8)14-10(13-7)6-12-11/h2-5,12H,6,11H2,1H3. The maximum Gasteiger partial charge on any atom is 0.144 e. The highest BCUT2D eigenvalue weighted by Crippen LogP contribution is 2.14. The van der Waals surface area contributed by atoms with Gasteiger partial charge in [-0.3, -0.25) is 11.3 Å². The van der Waals surface area contributed by atoms with Crippen LogP contribution in [0.15, 0.2) is 24.3 Å². The lowest BCUT2D eigenvalue weighted by atomic mass is 10.2. The number of para-hydroxylation sites is 1.